The number of hydrogen-bond donors (Lipinski definition) is 2. The standard InChI is InChI=1S/C13H20BrFN2O/c1-8(2)13(18-3)11(17-16)7-9-5-4-6-10(15)12(9)14/h4-6,8,11,13,17H,7,16H2,1-3H3. The Morgan fingerprint density at radius 2 is 2.11 bits per heavy atom. The summed E-state index contributed by atoms with van der Waals surface area (Å²) in [5.41, 5.74) is 3.64. The zero-order valence-corrected chi connectivity index (χ0v) is 12.5. The molecule has 0 saturated carbocycles. The number of hydrazine groups is 1. The van der Waals surface area contributed by atoms with Crippen LogP contribution in [0.15, 0.2) is 22.7 Å². The highest BCUT2D eigenvalue weighted by Gasteiger charge is 2.24. The van der Waals surface area contributed by atoms with E-state index in [0.29, 0.717) is 16.8 Å². The van der Waals surface area contributed by atoms with Crippen molar-refractivity contribution in [2.24, 2.45) is 11.8 Å². The van der Waals surface area contributed by atoms with Crippen molar-refractivity contribution in [3.05, 3.63) is 34.1 Å². The molecule has 0 spiro atoms. The molecule has 1 rings (SSSR count). The number of ether oxygens (including phenoxy) is 1. The van der Waals surface area contributed by atoms with E-state index in [1.807, 2.05) is 6.07 Å². The predicted molar refractivity (Wildman–Crippen MR) is 74.6 cm³/mol. The van der Waals surface area contributed by atoms with Crippen molar-refractivity contribution in [1.29, 1.82) is 0 Å². The Labute approximate surface area is 116 Å². The molecular weight excluding hydrogens is 299 g/mol. The fourth-order valence-corrected chi connectivity index (χ4v) is 2.54. The molecule has 2 unspecified atom stereocenters. The largest absolute Gasteiger partial charge is 0.380 e. The number of nitrogens with one attached hydrogen (secondary N) is 1. The first-order chi connectivity index (χ1) is 8.51. The molecule has 0 heterocycles. The Balaban J connectivity index is 2.88. The average Bonchev–Trinajstić information content (AvgIpc) is 2.33. The number of halogens is 2. The molecule has 3 N–H and O–H groups in total. The fraction of sp³-hybridized carbons (Fsp3) is 0.538. The van der Waals surface area contributed by atoms with E-state index in [1.165, 1.54) is 6.07 Å². The summed E-state index contributed by atoms with van der Waals surface area (Å²) in [4.78, 5) is 0. The normalized spacial score (nSPS) is 14.8. The lowest BCUT2D eigenvalue weighted by molar-refractivity contribution is 0.0331. The van der Waals surface area contributed by atoms with E-state index in [1.54, 1.807) is 13.2 Å². The van der Waals surface area contributed by atoms with Crippen LogP contribution in [-0.2, 0) is 11.2 Å². The number of methoxy groups -OCH3 is 1. The highest BCUT2D eigenvalue weighted by molar-refractivity contribution is 9.10. The number of rotatable bonds is 6. The first-order valence-corrected chi connectivity index (χ1v) is 6.72. The van der Waals surface area contributed by atoms with Crippen LogP contribution in [0.1, 0.15) is 19.4 Å². The molecule has 1 aromatic rings. The lowest BCUT2D eigenvalue weighted by Gasteiger charge is -2.28. The summed E-state index contributed by atoms with van der Waals surface area (Å²) in [6.45, 7) is 4.14. The van der Waals surface area contributed by atoms with Crippen LogP contribution in [0, 0.1) is 11.7 Å². The zero-order chi connectivity index (χ0) is 13.7. The fourth-order valence-electron chi connectivity index (χ4n) is 2.11. The molecule has 0 saturated heterocycles. The molecule has 1 aromatic carbocycles. The van der Waals surface area contributed by atoms with Crippen molar-refractivity contribution >= 4 is 15.9 Å². The van der Waals surface area contributed by atoms with Gasteiger partial charge in [-0.25, -0.2) is 4.39 Å². The SMILES string of the molecule is COC(C(C)C)C(Cc1cccc(F)c1Br)NN. The Hall–Kier alpha value is -0.490. The van der Waals surface area contributed by atoms with Crippen molar-refractivity contribution in [3.63, 3.8) is 0 Å². The van der Waals surface area contributed by atoms with Crippen LogP contribution in [0.4, 0.5) is 4.39 Å². The second-order valence-electron chi connectivity index (χ2n) is 4.63. The number of nitrogens with two attached hydrogens (primary N) is 1. The smallest absolute Gasteiger partial charge is 0.137 e. The van der Waals surface area contributed by atoms with Crippen LogP contribution in [0.3, 0.4) is 0 Å². The van der Waals surface area contributed by atoms with E-state index in [9.17, 15) is 4.39 Å². The highest BCUT2D eigenvalue weighted by Crippen LogP contribution is 2.23. The van der Waals surface area contributed by atoms with Gasteiger partial charge in [0.15, 0.2) is 0 Å². The molecule has 5 heteroatoms. The molecule has 0 fully saturated rings. The van der Waals surface area contributed by atoms with Crippen LogP contribution in [0.25, 0.3) is 0 Å². The minimum Gasteiger partial charge on any atom is -0.380 e. The summed E-state index contributed by atoms with van der Waals surface area (Å²) in [5, 5.41) is 0. The second kappa shape index (κ2) is 7.19. The molecule has 0 aliphatic heterocycles. The van der Waals surface area contributed by atoms with Gasteiger partial charge in [-0.3, -0.25) is 11.3 Å². The monoisotopic (exact) mass is 318 g/mol. The van der Waals surface area contributed by atoms with E-state index >= 15 is 0 Å². The van der Waals surface area contributed by atoms with Crippen molar-refractivity contribution < 1.29 is 9.13 Å². The van der Waals surface area contributed by atoms with Gasteiger partial charge in [-0.2, -0.15) is 0 Å². The van der Waals surface area contributed by atoms with E-state index < -0.39 is 0 Å². The van der Waals surface area contributed by atoms with Crippen LogP contribution in [0.2, 0.25) is 0 Å². The molecule has 102 valence electrons. The lowest BCUT2D eigenvalue weighted by atomic mass is 9.94. The summed E-state index contributed by atoms with van der Waals surface area (Å²) < 4.78 is 19.4. The third-order valence-electron chi connectivity index (χ3n) is 3.01. The zero-order valence-electron chi connectivity index (χ0n) is 10.9. The van der Waals surface area contributed by atoms with Gasteiger partial charge in [-0.15, -0.1) is 0 Å². The third kappa shape index (κ3) is 3.75. The molecule has 18 heavy (non-hydrogen) atoms. The van der Waals surface area contributed by atoms with Gasteiger partial charge in [-0.05, 0) is 39.9 Å². The molecule has 0 radical (unpaired) electrons. The number of hydrogen-bond acceptors (Lipinski definition) is 3. The van der Waals surface area contributed by atoms with Gasteiger partial charge < -0.3 is 4.74 Å². The van der Waals surface area contributed by atoms with Gasteiger partial charge in [0, 0.05) is 7.11 Å². The van der Waals surface area contributed by atoms with E-state index in [4.69, 9.17) is 10.6 Å². The highest BCUT2D eigenvalue weighted by atomic mass is 79.9. The minimum absolute atomic E-state index is 0.0230. The van der Waals surface area contributed by atoms with Crippen molar-refractivity contribution in [2.45, 2.75) is 32.4 Å². The topological polar surface area (TPSA) is 47.3 Å². The molecule has 0 aliphatic rings. The Kier molecular flexibility index (Phi) is 6.21. The van der Waals surface area contributed by atoms with Gasteiger partial charge >= 0.3 is 0 Å². The van der Waals surface area contributed by atoms with E-state index in [0.717, 1.165) is 5.56 Å². The predicted octanol–water partition coefficient (Wildman–Crippen LogP) is 2.63. The maximum atomic E-state index is 13.4. The number of benzene rings is 1. The molecular formula is C13H20BrFN2O. The van der Waals surface area contributed by atoms with Gasteiger partial charge in [0.25, 0.3) is 0 Å². The molecule has 3 nitrogen and oxygen atoms in total. The summed E-state index contributed by atoms with van der Waals surface area (Å²) in [5.74, 6) is 5.64. The molecule has 0 aromatic heterocycles. The minimum atomic E-state index is -0.262. The van der Waals surface area contributed by atoms with E-state index in [2.05, 4.69) is 35.2 Å². The third-order valence-corrected chi connectivity index (χ3v) is 3.90. The Morgan fingerprint density at radius 3 is 2.61 bits per heavy atom. The van der Waals surface area contributed by atoms with Gasteiger partial charge in [0.2, 0.25) is 0 Å². The lowest BCUT2D eigenvalue weighted by Crippen LogP contribution is -2.48. The van der Waals surface area contributed by atoms with Gasteiger partial charge in [-0.1, -0.05) is 26.0 Å². The van der Waals surface area contributed by atoms with Gasteiger partial charge in [0.05, 0.1) is 16.6 Å². The summed E-state index contributed by atoms with van der Waals surface area (Å²) in [6, 6.07) is 4.94. The van der Waals surface area contributed by atoms with Crippen LogP contribution in [-0.4, -0.2) is 19.3 Å². The van der Waals surface area contributed by atoms with E-state index in [-0.39, 0.29) is 18.0 Å². The summed E-state index contributed by atoms with van der Waals surface area (Å²) >= 11 is 3.26. The Morgan fingerprint density at radius 1 is 1.44 bits per heavy atom. The van der Waals surface area contributed by atoms with Crippen molar-refractivity contribution in [2.75, 3.05) is 7.11 Å². The quantitative estimate of drug-likeness (QED) is 0.626. The maximum absolute atomic E-state index is 13.4. The van der Waals surface area contributed by atoms with Gasteiger partial charge in [0.1, 0.15) is 5.82 Å². The van der Waals surface area contributed by atoms with Crippen LogP contribution < -0.4 is 11.3 Å². The maximum Gasteiger partial charge on any atom is 0.137 e. The molecule has 0 amide bonds. The average molecular weight is 319 g/mol. The first-order valence-electron chi connectivity index (χ1n) is 5.93. The molecule has 0 aliphatic carbocycles. The first kappa shape index (κ1) is 15.6. The van der Waals surface area contributed by atoms with Crippen LogP contribution >= 0.6 is 15.9 Å². The van der Waals surface area contributed by atoms with Crippen LogP contribution in [0.5, 0.6) is 0 Å². The summed E-state index contributed by atoms with van der Waals surface area (Å²) in [7, 11) is 1.66. The van der Waals surface area contributed by atoms with Crippen molar-refractivity contribution in [1.82, 2.24) is 5.43 Å². The molecule has 2 atom stereocenters. The molecule has 0 bridgehead atoms. The second-order valence-corrected chi connectivity index (χ2v) is 5.43. The Bertz CT molecular complexity index is 387. The summed E-state index contributed by atoms with van der Waals surface area (Å²) in [6.07, 6.45) is 0.580. The van der Waals surface area contributed by atoms with Crippen molar-refractivity contribution in [3.8, 4) is 0 Å².